The Morgan fingerprint density at radius 2 is 1.89 bits per heavy atom. The van der Waals surface area contributed by atoms with Crippen LogP contribution < -0.4 is 0 Å². The van der Waals surface area contributed by atoms with Gasteiger partial charge >= 0.3 is 5.97 Å². The SMILES string of the molecule is O=C(O)c1cnn(C2CCN(C(=O)c3cc(-c4ccccc4)n[nH]3)CC2)c1. The second kappa shape index (κ2) is 7.06. The lowest BCUT2D eigenvalue weighted by molar-refractivity contribution is 0.0683. The highest BCUT2D eigenvalue weighted by molar-refractivity contribution is 5.93. The highest BCUT2D eigenvalue weighted by Gasteiger charge is 2.26. The molecule has 0 aliphatic carbocycles. The Bertz CT molecular complexity index is 955. The van der Waals surface area contributed by atoms with Gasteiger partial charge in [-0.15, -0.1) is 0 Å². The van der Waals surface area contributed by atoms with E-state index in [4.69, 9.17) is 5.11 Å². The molecule has 0 radical (unpaired) electrons. The minimum atomic E-state index is -0.984. The summed E-state index contributed by atoms with van der Waals surface area (Å²) in [5.74, 6) is -1.06. The number of hydrogen-bond acceptors (Lipinski definition) is 4. The first-order valence-electron chi connectivity index (χ1n) is 8.79. The van der Waals surface area contributed by atoms with Crippen LogP contribution in [0.3, 0.4) is 0 Å². The fourth-order valence-electron chi connectivity index (χ4n) is 3.34. The topological polar surface area (TPSA) is 104 Å². The number of nitrogens with one attached hydrogen (secondary N) is 1. The molecule has 1 amide bonds. The van der Waals surface area contributed by atoms with Crippen LogP contribution in [0.1, 0.15) is 39.7 Å². The maximum Gasteiger partial charge on any atom is 0.338 e. The maximum atomic E-state index is 12.7. The van der Waals surface area contributed by atoms with E-state index in [2.05, 4.69) is 15.3 Å². The van der Waals surface area contributed by atoms with E-state index in [1.165, 1.54) is 6.20 Å². The molecule has 1 aliphatic heterocycles. The van der Waals surface area contributed by atoms with Gasteiger partial charge in [0, 0.05) is 24.8 Å². The molecule has 1 aromatic carbocycles. The summed E-state index contributed by atoms with van der Waals surface area (Å²) in [6, 6.07) is 11.6. The largest absolute Gasteiger partial charge is 0.478 e. The average molecular weight is 365 g/mol. The lowest BCUT2D eigenvalue weighted by Crippen LogP contribution is -2.39. The van der Waals surface area contributed by atoms with Crippen molar-refractivity contribution in [3.63, 3.8) is 0 Å². The molecule has 8 heteroatoms. The van der Waals surface area contributed by atoms with Crippen LogP contribution in [0.4, 0.5) is 0 Å². The summed E-state index contributed by atoms with van der Waals surface area (Å²) in [6.45, 7) is 1.18. The predicted molar refractivity (Wildman–Crippen MR) is 97.4 cm³/mol. The number of benzene rings is 1. The molecule has 1 saturated heterocycles. The van der Waals surface area contributed by atoms with Gasteiger partial charge in [0.1, 0.15) is 5.69 Å². The van der Waals surface area contributed by atoms with Crippen molar-refractivity contribution in [3.8, 4) is 11.3 Å². The first-order chi connectivity index (χ1) is 13.1. The Labute approximate surface area is 155 Å². The van der Waals surface area contributed by atoms with Gasteiger partial charge in [-0.25, -0.2) is 4.79 Å². The Balaban J connectivity index is 1.40. The molecule has 1 fully saturated rings. The number of carbonyl (C=O) groups excluding carboxylic acids is 1. The molecule has 0 saturated carbocycles. The quantitative estimate of drug-likeness (QED) is 0.739. The van der Waals surface area contributed by atoms with Gasteiger partial charge in [-0.2, -0.15) is 10.2 Å². The van der Waals surface area contributed by atoms with Gasteiger partial charge in [0.15, 0.2) is 0 Å². The van der Waals surface area contributed by atoms with E-state index in [-0.39, 0.29) is 17.5 Å². The molecule has 0 atom stereocenters. The number of H-pyrrole nitrogens is 1. The molecule has 8 nitrogen and oxygen atoms in total. The van der Waals surface area contributed by atoms with Crippen molar-refractivity contribution in [1.82, 2.24) is 24.9 Å². The first kappa shape index (κ1) is 17.0. The molecule has 2 N–H and O–H groups in total. The Morgan fingerprint density at radius 3 is 2.56 bits per heavy atom. The van der Waals surface area contributed by atoms with Crippen LogP contribution in [0, 0.1) is 0 Å². The molecule has 3 heterocycles. The van der Waals surface area contributed by atoms with Gasteiger partial charge in [0.05, 0.1) is 23.5 Å². The Kier molecular flexibility index (Phi) is 4.45. The fraction of sp³-hybridized carbons (Fsp3) is 0.263. The van der Waals surface area contributed by atoms with Crippen molar-refractivity contribution in [2.45, 2.75) is 18.9 Å². The third kappa shape index (κ3) is 3.46. The van der Waals surface area contributed by atoms with Crippen LogP contribution in [0.2, 0.25) is 0 Å². The zero-order valence-electron chi connectivity index (χ0n) is 14.6. The highest BCUT2D eigenvalue weighted by atomic mass is 16.4. The molecule has 3 aromatic rings. The summed E-state index contributed by atoms with van der Waals surface area (Å²) in [5, 5.41) is 20.2. The third-order valence-corrected chi connectivity index (χ3v) is 4.85. The number of carboxylic acids is 1. The average Bonchev–Trinajstić information content (AvgIpc) is 3.38. The number of carboxylic acid groups (broad SMARTS) is 1. The molecule has 4 rings (SSSR count). The number of rotatable bonds is 4. The number of aromatic nitrogens is 4. The number of likely N-dealkylation sites (tertiary alicyclic amines) is 1. The van der Waals surface area contributed by atoms with E-state index >= 15 is 0 Å². The minimum absolute atomic E-state index is 0.0742. The van der Waals surface area contributed by atoms with Gasteiger partial charge in [0.2, 0.25) is 0 Å². The van der Waals surface area contributed by atoms with Gasteiger partial charge < -0.3 is 10.0 Å². The van der Waals surface area contributed by atoms with Crippen LogP contribution in [0.15, 0.2) is 48.8 Å². The second-order valence-electron chi connectivity index (χ2n) is 6.57. The van der Waals surface area contributed by atoms with E-state index in [1.54, 1.807) is 21.8 Å². The monoisotopic (exact) mass is 365 g/mol. The van der Waals surface area contributed by atoms with Crippen molar-refractivity contribution in [2.75, 3.05) is 13.1 Å². The number of amides is 1. The summed E-state index contributed by atoms with van der Waals surface area (Å²) in [4.78, 5) is 25.5. The van der Waals surface area contributed by atoms with Crippen molar-refractivity contribution < 1.29 is 14.7 Å². The summed E-state index contributed by atoms with van der Waals surface area (Å²) in [7, 11) is 0. The van der Waals surface area contributed by atoms with E-state index in [1.807, 2.05) is 30.3 Å². The van der Waals surface area contributed by atoms with Crippen molar-refractivity contribution >= 4 is 11.9 Å². The number of aromatic amines is 1. The highest BCUT2D eigenvalue weighted by Crippen LogP contribution is 2.24. The molecule has 0 spiro atoms. The summed E-state index contributed by atoms with van der Waals surface area (Å²) in [6.07, 6.45) is 4.36. The van der Waals surface area contributed by atoms with Crippen molar-refractivity contribution in [2.24, 2.45) is 0 Å². The van der Waals surface area contributed by atoms with Gasteiger partial charge in [-0.3, -0.25) is 14.6 Å². The maximum absolute atomic E-state index is 12.7. The van der Waals surface area contributed by atoms with E-state index in [0.29, 0.717) is 18.8 Å². The smallest absolute Gasteiger partial charge is 0.338 e. The van der Waals surface area contributed by atoms with Gasteiger partial charge in [-0.1, -0.05) is 30.3 Å². The van der Waals surface area contributed by atoms with Crippen molar-refractivity contribution in [1.29, 1.82) is 0 Å². The van der Waals surface area contributed by atoms with Gasteiger partial charge in [0.25, 0.3) is 5.91 Å². The molecule has 138 valence electrons. The van der Waals surface area contributed by atoms with Crippen LogP contribution in [0.5, 0.6) is 0 Å². The predicted octanol–water partition coefficient (Wildman–Crippen LogP) is 2.45. The van der Waals surface area contributed by atoms with Crippen LogP contribution >= 0.6 is 0 Å². The van der Waals surface area contributed by atoms with Crippen LogP contribution in [0.25, 0.3) is 11.3 Å². The van der Waals surface area contributed by atoms with Gasteiger partial charge in [-0.05, 0) is 18.9 Å². The second-order valence-corrected chi connectivity index (χ2v) is 6.57. The van der Waals surface area contributed by atoms with E-state index in [9.17, 15) is 9.59 Å². The van der Waals surface area contributed by atoms with E-state index < -0.39 is 5.97 Å². The summed E-state index contributed by atoms with van der Waals surface area (Å²) >= 11 is 0. The van der Waals surface area contributed by atoms with E-state index in [0.717, 1.165) is 24.1 Å². The summed E-state index contributed by atoms with van der Waals surface area (Å²) < 4.78 is 1.69. The fourth-order valence-corrected chi connectivity index (χ4v) is 3.34. The number of nitrogens with zero attached hydrogens (tertiary/aromatic N) is 4. The third-order valence-electron chi connectivity index (χ3n) is 4.85. The number of hydrogen-bond donors (Lipinski definition) is 2. The zero-order chi connectivity index (χ0) is 18.8. The van der Waals surface area contributed by atoms with Crippen molar-refractivity contribution in [3.05, 3.63) is 60.0 Å². The molecule has 27 heavy (non-hydrogen) atoms. The molecule has 1 aliphatic rings. The molecule has 0 bridgehead atoms. The lowest BCUT2D eigenvalue weighted by atomic mass is 10.0. The Hall–Kier alpha value is -3.42. The minimum Gasteiger partial charge on any atom is -0.478 e. The number of carbonyl (C=O) groups is 2. The molecule has 0 unspecified atom stereocenters. The zero-order valence-corrected chi connectivity index (χ0v) is 14.6. The lowest BCUT2D eigenvalue weighted by Gasteiger charge is -2.31. The summed E-state index contributed by atoms with van der Waals surface area (Å²) in [5.41, 5.74) is 2.35. The number of aromatic carboxylic acids is 1. The Morgan fingerprint density at radius 1 is 1.15 bits per heavy atom. The van der Waals surface area contributed by atoms with Crippen LogP contribution in [-0.2, 0) is 0 Å². The molecular weight excluding hydrogens is 346 g/mol. The standard InChI is InChI=1S/C19H19N5O3/c25-18(17-10-16(21-22-17)13-4-2-1-3-5-13)23-8-6-15(7-9-23)24-12-14(11-20-24)19(26)27/h1-5,10-12,15H,6-9H2,(H,21,22)(H,26,27). The molecular formula is C19H19N5O3. The van der Waals surface area contributed by atoms with Crippen LogP contribution in [-0.4, -0.2) is 55.0 Å². The first-order valence-corrected chi connectivity index (χ1v) is 8.79. The normalized spacial score (nSPS) is 15.0. The molecule has 2 aromatic heterocycles. The number of piperidine rings is 1.